The molecule has 1 aromatic carbocycles. The molecule has 2 rings (SSSR count). The quantitative estimate of drug-likeness (QED) is 0.207. The Morgan fingerprint density at radius 3 is 2.53 bits per heavy atom. The first-order chi connectivity index (χ1) is 14.5. The molecule has 0 bridgehead atoms. The minimum absolute atomic E-state index is 0.0253. The largest absolute Gasteiger partial charge is 0.403 e. The minimum atomic E-state index is -0.254. The minimum Gasteiger partial charge on any atom is -0.403 e. The number of amidine groups is 1. The van der Waals surface area contributed by atoms with E-state index in [1.165, 1.54) is 12.6 Å². The van der Waals surface area contributed by atoms with Gasteiger partial charge in [-0.05, 0) is 44.1 Å². The summed E-state index contributed by atoms with van der Waals surface area (Å²) < 4.78 is 0. The Hall–Kier alpha value is -2.09. The summed E-state index contributed by atoms with van der Waals surface area (Å²) in [7, 11) is 2.10. The van der Waals surface area contributed by atoms with Crippen molar-refractivity contribution < 1.29 is 4.79 Å². The molecule has 8 heteroatoms. The number of nitrogens with two attached hydrogens (primary N) is 1. The van der Waals surface area contributed by atoms with Crippen molar-refractivity contribution in [2.45, 2.75) is 51.6 Å². The molecule has 0 radical (unpaired) electrons. The van der Waals surface area contributed by atoms with E-state index in [1.54, 1.807) is 5.01 Å². The predicted octanol–water partition coefficient (Wildman–Crippen LogP) is 3.02. The topological polar surface area (TPSA) is 97.5 Å². The van der Waals surface area contributed by atoms with Crippen molar-refractivity contribution in [3.63, 3.8) is 0 Å². The van der Waals surface area contributed by atoms with Gasteiger partial charge in [0.1, 0.15) is 0 Å². The molecule has 0 atom stereocenters. The highest BCUT2D eigenvalue weighted by Crippen LogP contribution is 2.23. The van der Waals surface area contributed by atoms with Crippen LogP contribution in [0.4, 0.5) is 0 Å². The van der Waals surface area contributed by atoms with Gasteiger partial charge in [0.25, 0.3) is 5.91 Å². The van der Waals surface area contributed by atoms with Crippen molar-refractivity contribution in [3.8, 4) is 0 Å². The van der Waals surface area contributed by atoms with Crippen LogP contribution in [0.3, 0.4) is 0 Å². The van der Waals surface area contributed by atoms with Gasteiger partial charge in [-0.25, -0.2) is 0 Å². The second-order valence-electron chi connectivity index (χ2n) is 7.74. The molecule has 0 unspecified atom stereocenters. The molecule has 0 heterocycles. The molecule has 166 valence electrons. The average molecular weight is 435 g/mol. The van der Waals surface area contributed by atoms with Gasteiger partial charge in [0.15, 0.2) is 5.84 Å². The zero-order valence-corrected chi connectivity index (χ0v) is 18.8. The molecule has 0 aromatic heterocycles. The standard InChI is InChI=1S/C22H35ClN6O/c1-3-28(2)14-13-26-16-17-9-11-18(12-10-17)22(30)27-29(21(25)20(23)15-24)19-7-5-4-6-8-19/h9-12,15,19,25-26H,3-8,13-14,16,24H2,1-2H3,(H,27,30). The Labute approximate surface area is 185 Å². The van der Waals surface area contributed by atoms with E-state index in [1.807, 2.05) is 24.3 Å². The van der Waals surface area contributed by atoms with Crippen LogP contribution in [0.15, 0.2) is 35.5 Å². The van der Waals surface area contributed by atoms with Crippen molar-refractivity contribution in [3.05, 3.63) is 46.6 Å². The Kier molecular flexibility index (Phi) is 10.1. The lowest BCUT2D eigenvalue weighted by Gasteiger charge is -2.35. The molecule has 5 N–H and O–H groups in total. The lowest BCUT2D eigenvalue weighted by Crippen LogP contribution is -2.52. The summed E-state index contributed by atoms with van der Waals surface area (Å²) in [5.74, 6) is -0.229. The molecule has 30 heavy (non-hydrogen) atoms. The van der Waals surface area contributed by atoms with Gasteiger partial charge in [-0.2, -0.15) is 0 Å². The van der Waals surface area contributed by atoms with Gasteiger partial charge in [0.2, 0.25) is 0 Å². The van der Waals surface area contributed by atoms with Crippen LogP contribution in [-0.2, 0) is 6.54 Å². The Balaban J connectivity index is 1.96. The fraction of sp³-hybridized carbons (Fsp3) is 0.545. The second-order valence-corrected chi connectivity index (χ2v) is 8.14. The van der Waals surface area contributed by atoms with Crippen LogP contribution in [0.25, 0.3) is 0 Å². The number of nitrogens with one attached hydrogen (secondary N) is 3. The number of benzene rings is 1. The van der Waals surface area contributed by atoms with Gasteiger partial charge in [-0.3, -0.25) is 20.6 Å². The van der Waals surface area contributed by atoms with Crippen LogP contribution in [0, 0.1) is 5.41 Å². The van der Waals surface area contributed by atoms with Gasteiger partial charge < -0.3 is 16.0 Å². The van der Waals surface area contributed by atoms with Gasteiger partial charge in [0, 0.05) is 31.4 Å². The zero-order chi connectivity index (χ0) is 21.9. The average Bonchev–Trinajstić information content (AvgIpc) is 2.79. The van der Waals surface area contributed by atoms with E-state index in [4.69, 9.17) is 22.7 Å². The van der Waals surface area contributed by atoms with E-state index in [9.17, 15) is 4.79 Å². The number of hydrogen-bond donors (Lipinski definition) is 4. The SMILES string of the molecule is CCN(C)CCNCc1ccc(C(=O)NN(C(=N)C(Cl)=CN)C2CCCCC2)cc1. The molecule has 1 fully saturated rings. The number of nitrogens with zero attached hydrogens (tertiary/aromatic N) is 2. The van der Waals surface area contributed by atoms with E-state index in [0.29, 0.717) is 5.56 Å². The van der Waals surface area contributed by atoms with Crippen LogP contribution in [0.2, 0.25) is 0 Å². The number of amides is 1. The Morgan fingerprint density at radius 2 is 1.93 bits per heavy atom. The molecule has 0 spiro atoms. The fourth-order valence-electron chi connectivity index (χ4n) is 3.47. The Morgan fingerprint density at radius 1 is 1.27 bits per heavy atom. The van der Waals surface area contributed by atoms with Gasteiger partial charge >= 0.3 is 0 Å². The van der Waals surface area contributed by atoms with Crippen molar-refractivity contribution >= 4 is 23.3 Å². The second kappa shape index (κ2) is 12.6. The number of halogens is 1. The van der Waals surface area contributed by atoms with Crippen LogP contribution in [-0.4, -0.2) is 54.4 Å². The third kappa shape index (κ3) is 7.31. The molecule has 1 amide bonds. The molecule has 1 aliphatic rings. The van der Waals surface area contributed by atoms with Gasteiger partial charge in [-0.1, -0.05) is 49.9 Å². The fourth-order valence-corrected chi connectivity index (χ4v) is 3.56. The summed E-state index contributed by atoms with van der Waals surface area (Å²) in [6.07, 6.45) is 6.33. The normalized spacial score (nSPS) is 15.3. The van der Waals surface area contributed by atoms with Crippen molar-refractivity contribution in [2.75, 3.05) is 26.7 Å². The molecule has 1 aliphatic carbocycles. The summed E-state index contributed by atoms with van der Waals surface area (Å²) in [6, 6.07) is 7.58. The maximum Gasteiger partial charge on any atom is 0.269 e. The van der Waals surface area contributed by atoms with Crippen LogP contribution < -0.4 is 16.5 Å². The molecule has 0 aliphatic heterocycles. The molecule has 1 aromatic rings. The number of likely N-dealkylation sites (N-methyl/N-ethyl adjacent to an activating group) is 1. The summed E-state index contributed by atoms with van der Waals surface area (Å²) in [5.41, 5.74) is 10.0. The van der Waals surface area contributed by atoms with Crippen LogP contribution in [0.1, 0.15) is 54.9 Å². The Bertz CT molecular complexity index is 715. The summed E-state index contributed by atoms with van der Waals surface area (Å²) in [5, 5.41) is 13.4. The maximum absolute atomic E-state index is 12.8. The van der Waals surface area contributed by atoms with E-state index >= 15 is 0 Å². The predicted molar refractivity (Wildman–Crippen MR) is 123 cm³/mol. The third-order valence-electron chi connectivity index (χ3n) is 5.53. The van der Waals surface area contributed by atoms with Crippen LogP contribution in [0.5, 0.6) is 0 Å². The van der Waals surface area contributed by atoms with Crippen molar-refractivity contribution in [1.82, 2.24) is 20.7 Å². The lowest BCUT2D eigenvalue weighted by atomic mass is 9.95. The molecule has 7 nitrogen and oxygen atoms in total. The zero-order valence-electron chi connectivity index (χ0n) is 18.1. The summed E-state index contributed by atoms with van der Waals surface area (Å²) >= 11 is 6.08. The first kappa shape index (κ1) is 24.2. The van der Waals surface area contributed by atoms with Gasteiger partial charge in [-0.15, -0.1) is 0 Å². The van der Waals surface area contributed by atoms with Crippen molar-refractivity contribution in [2.24, 2.45) is 5.73 Å². The lowest BCUT2D eigenvalue weighted by molar-refractivity contribution is 0.0806. The maximum atomic E-state index is 12.8. The third-order valence-corrected chi connectivity index (χ3v) is 5.84. The number of carbonyl (C=O) groups excluding carboxylic acids is 1. The van der Waals surface area contributed by atoms with Gasteiger partial charge in [0.05, 0.1) is 11.1 Å². The summed E-state index contributed by atoms with van der Waals surface area (Å²) in [6.45, 7) is 5.85. The highest BCUT2D eigenvalue weighted by molar-refractivity contribution is 6.42. The van der Waals surface area contributed by atoms with Crippen LogP contribution >= 0.6 is 11.6 Å². The van der Waals surface area contributed by atoms with E-state index in [-0.39, 0.29) is 22.8 Å². The molecule has 1 saturated carbocycles. The molecular formula is C22H35ClN6O. The highest BCUT2D eigenvalue weighted by Gasteiger charge is 2.26. The smallest absolute Gasteiger partial charge is 0.269 e. The molecule has 0 saturated heterocycles. The number of hydrazine groups is 1. The first-order valence-electron chi connectivity index (χ1n) is 10.7. The first-order valence-corrected chi connectivity index (χ1v) is 11.1. The number of carbonyl (C=O) groups is 1. The van der Waals surface area contributed by atoms with E-state index in [0.717, 1.165) is 57.4 Å². The van der Waals surface area contributed by atoms with E-state index < -0.39 is 0 Å². The number of rotatable bonds is 9. The highest BCUT2D eigenvalue weighted by atomic mass is 35.5. The van der Waals surface area contributed by atoms with Crippen molar-refractivity contribution in [1.29, 1.82) is 5.41 Å². The number of hydrogen-bond acceptors (Lipinski definition) is 5. The monoisotopic (exact) mass is 434 g/mol. The summed E-state index contributed by atoms with van der Waals surface area (Å²) in [4.78, 5) is 15.1. The molecular weight excluding hydrogens is 400 g/mol. The van der Waals surface area contributed by atoms with E-state index in [2.05, 4.69) is 29.6 Å².